The number of anilines is 3. The Bertz CT molecular complexity index is 1610. The Labute approximate surface area is 232 Å². The minimum atomic E-state index is -4.60. The van der Waals surface area contributed by atoms with E-state index >= 15 is 0 Å². The molecule has 4 aromatic rings. The maximum atomic E-state index is 13.5. The molecule has 2 aliphatic heterocycles. The molecule has 0 saturated carbocycles. The number of aromatic nitrogens is 3. The van der Waals surface area contributed by atoms with Crippen molar-refractivity contribution in [1.29, 1.82) is 0 Å². The van der Waals surface area contributed by atoms with Crippen molar-refractivity contribution in [3.05, 3.63) is 83.6 Å². The number of aliphatic imine (C=N–C) groups is 1. The van der Waals surface area contributed by atoms with Crippen molar-refractivity contribution in [2.45, 2.75) is 25.3 Å². The van der Waals surface area contributed by atoms with Crippen LogP contribution in [0.4, 0.5) is 30.6 Å². The number of hydrogen-bond donors (Lipinski definition) is 3. The van der Waals surface area contributed by atoms with Crippen LogP contribution in [0.3, 0.4) is 0 Å². The number of nitrogens with zero attached hydrogens (tertiary/aromatic N) is 4. The number of carbonyl (C=O) groups excluding carboxylic acids is 1. The van der Waals surface area contributed by atoms with Crippen molar-refractivity contribution in [3.63, 3.8) is 0 Å². The second-order valence-corrected chi connectivity index (χ2v) is 9.72. The third-order valence-corrected chi connectivity index (χ3v) is 6.80. The smallest absolute Gasteiger partial charge is 0.402 e. The van der Waals surface area contributed by atoms with E-state index in [9.17, 15) is 18.0 Å². The van der Waals surface area contributed by atoms with E-state index in [1.807, 2.05) is 49.4 Å². The van der Waals surface area contributed by atoms with E-state index in [0.29, 0.717) is 30.8 Å². The van der Waals surface area contributed by atoms with Gasteiger partial charge >= 0.3 is 12.2 Å². The molecule has 2 aromatic heterocycles. The summed E-state index contributed by atoms with van der Waals surface area (Å²) in [5, 5.41) is 16.7. The number of fused-ring (bicyclic) bond motifs is 1. The van der Waals surface area contributed by atoms with Crippen molar-refractivity contribution in [3.8, 4) is 11.6 Å². The van der Waals surface area contributed by atoms with Gasteiger partial charge in [-0.2, -0.15) is 13.2 Å². The molecule has 3 atom stereocenters. The highest BCUT2D eigenvalue weighted by Crippen LogP contribution is 2.35. The monoisotopic (exact) mass is 563 g/mol. The molecular formula is C28H24F3N7O3. The molecule has 0 aliphatic carbocycles. The Morgan fingerprint density at radius 2 is 1.78 bits per heavy atom. The van der Waals surface area contributed by atoms with Crippen LogP contribution < -0.4 is 16.0 Å². The lowest BCUT2D eigenvalue weighted by Gasteiger charge is -2.19. The largest absolute Gasteiger partial charge is 0.417 e. The van der Waals surface area contributed by atoms with Gasteiger partial charge < -0.3 is 25.1 Å². The number of benzodiazepines with no additional fused rings is 1. The Hall–Kier alpha value is -4.78. The van der Waals surface area contributed by atoms with E-state index in [-0.39, 0.29) is 35.2 Å². The molecule has 0 spiro atoms. The van der Waals surface area contributed by atoms with Crippen molar-refractivity contribution < 1.29 is 27.1 Å². The summed E-state index contributed by atoms with van der Waals surface area (Å²) in [5.74, 6) is -0.542. The first-order valence-electron chi connectivity index (χ1n) is 12.8. The van der Waals surface area contributed by atoms with Crippen molar-refractivity contribution in [2.75, 3.05) is 29.2 Å². The minimum Gasteiger partial charge on any atom is -0.402 e. The number of ether oxygens (including phenoxy) is 1. The zero-order chi connectivity index (χ0) is 28.6. The molecule has 0 unspecified atom stereocenters. The van der Waals surface area contributed by atoms with Crippen LogP contribution >= 0.6 is 0 Å². The molecule has 0 radical (unpaired) electrons. The lowest BCUT2D eigenvalue weighted by molar-refractivity contribution is -0.137. The molecule has 13 heteroatoms. The van der Waals surface area contributed by atoms with E-state index in [0.717, 1.165) is 17.2 Å². The zero-order valence-corrected chi connectivity index (χ0v) is 21.6. The first kappa shape index (κ1) is 26.4. The molecule has 6 rings (SSSR count). The average molecular weight is 564 g/mol. The van der Waals surface area contributed by atoms with Crippen LogP contribution in [0.1, 0.15) is 23.6 Å². The number of alkyl halides is 3. The average Bonchev–Trinajstić information content (AvgIpc) is 3.56. The van der Waals surface area contributed by atoms with Crippen molar-refractivity contribution in [1.82, 2.24) is 15.2 Å². The second kappa shape index (κ2) is 10.7. The third kappa shape index (κ3) is 5.48. The fraction of sp³-hybridized carbons (Fsp3) is 0.250. The van der Waals surface area contributed by atoms with Gasteiger partial charge in [0, 0.05) is 23.2 Å². The lowest BCUT2D eigenvalue weighted by atomic mass is 10.0. The number of halogens is 3. The van der Waals surface area contributed by atoms with Crippen LogP contribution in [0.5, 0.6) is 0 Å². The highest BCUT2D eigenvalue weighted by atomic mass is 19.4. The Morgan fingerprint density at radius 3 is 2.54 bits per heavy atom. The SMILES string of the molecule is C[C@@H]1COC[C@H]1Nc1cc(C(F)(F)F)cnc1-c1nnc(N[C@H]2N=C(c3ccccc3)c3ccccc3NC2=O)o1. The van der Waals surface area contributed by atoms with Crippen LogP contribution in [0, 0.1) is 5.92 Å². The Morgan fingerprint density at radius 1 is 1.00 bits per heavy atom. The van der Waals surface area contributed by atoms with E-state index in [1.165, 1.54) is 0 Å². The van der Waals surface area contributed by atoms with E-state index < -0.39 is 23.8 Å². The fourth-order valence-electron chi connectivity index (χ4n) is 4.62. The van der Waals surface area contributed by atoms with Gasteiger partial charge in [0.25, 0.3) is 11.8 Å². The molecule has 41 heavy (non-hydrogen) atoms. The quantitative estimate of drug-likeness (QED) is 0.305. The van der Waals surface area contributed by atoms with E-state index in [4.69, 9.17) is 9.15 Å². The highest BCUT2D eigenvalue weighted by molar-refractivity contribution is 6.19. The van der Waals surface area contributed by atoms with Gasteiger partial charge in [-0.25, -0.2) is 9.98 Å². The molecule has 1 saturated heterocycles. The van der Waals surface area contributed by atoms with Gasteiger partial charge in [-0.15, -0.1) is 5.10 Å². The molecule has 4 heterocycles. The number of amides is 1. The third-order valence-electron chi connectivity index (χ3n) is 6.80. The first-order valence-corrected chi connectivity index (χ1v) is 12.8. The number of benzene rings is 2. The maximum absolute atomic E-state index is 13.5. The Balaban J connectivity index is 1.32. The number of para-hydroxylation sites is 1. The van der Waals surface area contributed by atoms with Gasteiger partial charge in [-0.3, -0.25) is 4.79 Å². The van der Waals surface area contributed by atoms with Gasteiger partial charge in [-0.05, 0) is 12.1 Å². The van der Waals surface area contributed by atoms with Gasteiger partial charge in [0.2, 0.25) is 6.17 Å². The summed E-state index contributed by atoms with van der Waals surface area (Å²) in [6.07, 6.45) is -5.04. The molecule has 210 valence electrons. The summed E-state index contributed by atoms with van der Waals surface area (Å²) >= 11 is 0. The van der Waals surface area contributed by atoms with Gasteiger partial charge in [0.05, 0.1) is 41.9 Å². The molecular weight excluding hydrogens is 539 g/mol. The second-order valence-electron chi connectivity index (χ2n) is 9.72. The van der Waals surface area contributed by atoms with Gasteiger partial charge in [-0.1, -0.05) is 60.6 Å². The van der Waals surface area contributed by atoms with Crippen LogP contribution in [-0.4, -0.2) is 52.2 Å². The molecule has 2 aromatic carbocycles. The minimum absolute atomic E-state index is 0.0313. The maximum Gasteiger partial charge on any atom is 0.417 e. The molecule has 10 nitrogen and oxygen atoms in total. The number of pyridine rings is 1. The standard InChI is InChI=1S/C28H24F3N7O3/c1-15-13-40-14-21(15)33-20-11-17(28(29,30)31)12-32-23(20)26-37-38-27(41-26)36-24-25(39)34-19-10-6-5-9-18(19)22(35-24)16-7-3-2-4-8-16/h2-12,15,21,24,33H,13-14H2,1H3,(H,34,39)(H,36,38)/t15-,21-,24-/m1/s1. The molecule has 1 fully saturated rings. The van der Waals surface area contributed by atoms with Crippen molar-refractivity contribution >= 4 is 29.0 Å². The highest BCUT2D eigenvalue weighted by Gasteiger charge is 2.34. The van der Waals surface area contributed by atoms with Crippen LogP contribution in [0.15, 0.2) is 76.3 Å². The predicted octanol–water partition coefficient (Wildman–Crippen LogP) is 4.82. The fourth-order valence-corrected chi connectivity index (χ4v) is 4.62. The summed E-state index contributed by atoms with van der Waals surface area (Å²) in [6, 6.07) is 17.2. The molecule has 2 aliphatic rings. The number of nitrogens with one attached hydrogen (secondary N) is 3. The summed E-state index contributed by atoms with van der Waals surface area (Å²) in [6.45, 7) is 2.74. The summed E-state index contributed by atoms with van der Waals surface area (Å²) in [5.41, 5.74) is 1.87. The summed E-state index contributed by atoms with van der Waals surface area (Å²) in [4.78, 5) is 21.8. The van der Waals surface area contributed by atoms with Gasteiger partial charge in [0.1, 0.15) is 0 Å². The normalized spacial score (nSPS) is 20.5. The predicted molar refractivity (Wildman–Crippen MR) is 144 cm³/mol. The summed E-state index contributed by atoms with van der Waals surface area (Å²) < 4.78 is 51.6. The molecule has 0 bridgehead atoms. The number of rotatable bonds is 6. The Kier molecular flexibility index (Phi) is 6.87. The van der Waals surface area contributed by atoms with Crippen molar-refractivity contribution in [2.24, 2.45) is 10.9 Å². The van der Waals surface area contributed by atoms with Gasteiger partial charge in [0.15, 0.2) is 5.69 Å². The zero-order valence-electron chi connectivity index (χ0n) is 21.6. The topological polar surface area (TPSA) is 127 Å². The number of hydrogen-bond acceptors (Lipinski definition) is 9. The lowest BCUT2D eigenvalue weighted by Crippen LogP contribution is -2.32. The number of carbonyl (C=O) groups is 1. The van der Waals surface area contributed by atoms with Crippen LogP contribution in [-0.2, 0) is 15.7 Å². The molecule has 1 amide bonds. The first-order chi connectivity index (χ1) is 19.8. The van der Waals surface area contributed by atoms with Crippen LogP contribution in [0.2, 0.25) is 0 Å². The van der Waals surface area contributed by atoms with E-state index in [2.05, 4.69) is 36.1 Å². The summed E-state index contributed by atoms with van der Waals surface area (Å²) in [7, 11) is 0. The molecule has 3 N–H and O–H groups in total. The van der Waals surface area contributed by atoms with Crippen LogP contribution in [0.25, 0.3) is 11.6 Å². The van der Waals surface area contributed by atoms with E-state index in [1.54, 1.807) is 12.1 Å².